The Morgan fingerprint density at radius 2 is 1.79 bits per heavy atom. The molecule has 0 atom stereocenters. The SMILES string of the molecule is CC(C)N(C)S(=O)(=O)c1ccc(NC(=O)Cn2c(=O)oc3ccccc32)cc1. The van der Waals surface area contributed by atoms with Gasteiger partial charge in [-0.25, -0.2) is 13.2 Å². The molecule has 3 rings (SSSR count). The number of carbonyl (C=O) groups excluding carboxylic acids is 1. The molecular formula is C19H21N3O5S. The number of hydrogen-bond donors (Lipinski definition) is 1. The summed E-state index contributed by atoms with van der Waals surface area (Å²) in [6.45, 7) is 3.35. The van der Waals surface area contributed by atoms with Crippen molar-refractivity contribution in [1.82, 2.24) is 8.87 Å². The third-order valence-corrected chi connectivity index (χ3v) is 6.47. The van der Waals surface area contributed by atoms with E-state index in [9.17, 15) is 18.0 Å². The summed E-state index contributed by atoms with van der Waals surface area (Å²) in [6, 6.07) is 12.5. The van der Waals surface area contributed by atoms with Crippen LogP contribution in [-0.4, -0.2) is 36.3 Å². The molecule has 1 aromatic heterocycles. The molecule has 0 radical (unpaired) electrons. The van der Waals surface area contributed by atoms with Gasteiger partial charge in [0.2, 0.25) is 15.9 Å². The van der Waals surface area contributed by atoms with Crippen LogP contribution in [0.1, 0.15) is 13.8 Å². The highest BCUT2D eigenvalue weighted by atomic mass is 32.2. The topological polar surface area (TPSA) is 102 Å². The molecule has 0 saturated carbocycles. The number of hydrogen-bond acceptors (Lipinski definition) is 5. The van der Waals surface area contributed by atoms with Gasteiger partial charge in [-0.2, -0.15) is 4.31 Å². The number of nitrogens with one attached hydrogen (secondary N) is 1. The number of oxazole rings is 1. The monoisotopic (exact) mass is 403 g/mol. The summed E-state index contributed by atoms with van der Waals surface area (Å²) in [7, 11) is -2.08. The van der Waals surface area contributed by atoms with Crippen molar-refractivity contribution >= 4 is 32.7 Å². The van der Waals surface area contributed by atoms with Crippen molar-refractivity contribution in [2.45, 2.75) is 31.3 Å². The van der Waals surface area contributed by atoms with Gasteiger partial charge in [-0.05, 0) is 50.2 Å². The highest BCUT2D eigenvalue weighted by Gasteiger charge is 2.23. The van der Waals surface area contributed by atoms with Crippen LogP contribution in [0.5, 0.6) is 0 Å². The van der Waals surface area contributed by atoms with Crippen molar-refractivity contribution in [3.63, 3.8) is 0 Å². The molecule has 0 unspecified atom stereocenters. The molecule has 0 saturated heterocycles. The smallest absolute Gasteiger partial charge is 0.408 e. The predicted molar refractivity (Wildman–Crippen MR) is 106 cm³/mol. The molecule has 0 spiro atoms. The molecule has 8 nitrogen and oxygen atoms in total. The van der Waals surface area contributed by atoms with Gasteiger partial charge in [-0.3, -0.25) is 9.36 Å². The molecule has 1 N–H and O–H groups in total. The number of rotatable bonds is 6. The molecule has 0 aliphatic carbocycles. The molecule has 3 aromatic rings. The van der Waals surface area contributed by atoms with E-state index < -0.39 is 21.7 Å². The van der Waals surface area contributed by atoms with Gasteiger partial charge >= 0.3 is 5.76 Å². The minimum absolute atomic E-state index is 0.138. The zero-order valence-electron chi connectivity index (χ0n) is 15.7. The molecule has 1 amide bonds. The Hall–Kier alpha value is -2.91. The van der Waals surface area contributed by atoms with E-state index in [0.29, 0.717) is 16.8 Å². The molecule has 9 heteroatoms. The zero-order chi connectivity index (χ0) is 20.5. The van der Waals surface area contributed by atoms with E-state index in [2.05, 4.69) is 5.32 Å². The number of para-hydroxylation sites is 2. The summed E-state index contributed by atoms with van der Waals surface area (Å²) < 4.78 is 32.6. The van der Waals surface area contributed by atoms with Gasteiger partial charge in [0.05, 0.1) is 10.4 Å². The highest BCUT2D eigenvalue weighted by molar-refractivity contribution is 7.89. The average Bonchev–Trinajstić information content (AvgIpc) is 2.96. The second-order valence-electron chi connectivity index (χ2n) is 6.61. The number of aromatic nitrogens is 1. The Morgan fingerprint density at radius 3 is 2.43 bits per heavy atom. The third kappa shape index (κ3) is 3.85. The number of nitrogens with zero attached hydrogens (tertiary/aromatic N) is 2. The van der Waals surface area contributed by atoms with Crippen LogP contribution in [0, 0.1) is 0 Å². The van der Waals surface area contributed by atoms with Crippen LogP contribution in [0.3, 0.4) is 0 Å². The van der Waals surface area contributed by atoms with Gasteiger partial charge in [-0.15, -0.1) is 0 Å². The van der Waals surface area contributed by atoms with E-state index in [-0.39, 0.29) is 17.5 Å². The zero-order valence-corrected chi connectivity index (χ0v) is 16.6. The molecule has 0 bridgehead atoms. The summed E-state index contributed by atoms with van der Waals surface area (Å²) in [4.78, 5) is 24.4. The first-order valence-electron chi connectivity index (χ1n) is 8.66. The van der Waals surface area contributed by atoms with Crippen LogP contribution in [-0.2, 0) is 21.4 Å². The van der Waals surface area contributed by atoms with E-state index in [1.165, 1.54) is 40.2 Å². The molecule has 148 valence electrons. The molecular weight excluding hydrogens is 382 g/mol. The van der Waals surface area contributed by atoms with Gasteiger partial charge in [0.25, 0.3) is 0 Å². The summed E-state index contributed by atoms with van der Waals surface area (Å²) in [6.07, 6.45) is 0. The number of benzene rings is 2. The van der Waals surface area contributed by atoms with Crippen molar-refractivity contribution in [1.29, 1.82) is 0 Å². The minimum Gasteiger partial charge on any atom is -0.408 e. The van der Waals surface area contributed by atoms with Crippen LogP contribution in [0.2, 0.25) is 0 Å². The summed E-state index contributed by atoms with van der Waals surface area (Å²) in [5.74, 6) is -1.04. The van der Waals surface area contributed by atoms with E-state index in [0.717, 1.165) is 0 Å². The predicted octanol–water partition coefficient (Wildman–Crippen LogP) is 2.26. The van der Waals surface area contributed by atoms with Crippen molar-refractivity contribution in [3.05, 3.63) is 59.1 Å². The number of sulfonamides is 1. The largest absolute Gasteiger partial charge is 0.420 e. The van der Waals surface area contributed by atoms with Crippen LogP contribution >= 0.6 is 0 Å². The molecule has 1 heterocycles. The van der Waals surface area contributed by atoms with Gasteiger partial charge in [0, 0.05) is 18.8 Å². The van der Waals surface area contributed by atoms with E-state index in [4.69, 9.17) is 4.42 Å². The molecule has 0 aliphatic rings. The van der Waals surface area contributed by atoms with Crippen molar-refractivity contribution in [2.75, 3.05) is 12.4 Å². The molecule has 0 fully saturated rings. The second-order valence-corrected chi connectivity index (χ2v) is 8.61. The Bertz CT molecular complexity index is 1160. The van der Waals surface area contributed by atoms with Gasteiger partial charge in [0.1, 0.15) is 6.54 Å². The first kappa shape index (κ1) is 19.8. The first-order chi connectivity index (χ1) is 13.2. The fourth-order valence-electron chi connectivity index (χ4n) is 2.66. The highest BCUT2D eigenvalue weighted by Crippen LogP contribution is 2.19. The van der Waals surface area contributed by atoms with Gasteiger partial charge in [-0.1, -0.05) is 12.1 Å². The van der Waals surface area contributed by atoms with Crippen LogP contribution in [0.4, 0.5) is 5.69 Å². The van der Waals surface area contributed by atoms with Crippen LogP contribution in [0.25, 0.3) is 11.1 Å². The van der Waals surface area contributed by atoms with Crippen molar-refractivity contribution < 1.29 is 17.6 Å². The van der Waals surface area contributed by atoms with E-state index >= 15 is 0 Å². The quantitative estimate of drug-likeness (QED) is 0.680. The Labute approximate surface area is 162 Å². The molecule has 28 heavy (non-hydrogen) atoms. The van der Waals surface area contributed by atoms with E-state index in [1.54, 1.807) is 38.1 Å². The van der Waals surface area contributed by atoms with Gasteiger partial charge in [0.15, 0.2) is 5.58 Å². The fourth-order valence-corrected chi connectivity index (χ4v) is 4.03. The lowest BCUT2D eigenvalue weighted by Gasteiger charge is -2.21. The second kappa shape index (κ2) is 7.61. The van der Waals surface area contributed by atoms with Crippen molar-refractivity contribution in [2.24, 2.45) is 0 Å². The normalized spacial score (nSPS) is 12.0. The molecule has 0 aliphatic heterocycles. The standard InChI is InChI=1S/C19H21N3O5S/c1-13(2)21(3)28(25,26)15-10-8-14(9-11-15)20-18(23)12-22-16-6-4-5-7-17(16)27-19(22)24/h4-11,13H,12H2,1-3H3,(H,20,23). The number of carbonyl (C=O) groups is 1. The van der Waals surface area contributed by atoms with Gasteiger partial charge < -0.3 is 9.73 Å². The summed E-state index contributed by atoms with van der Waals surface area (Å²) >= 11 is 0. The molecule has 2 aromatic carbocycles. The summed E-state index contributed by atoms with van der Waals surface area (Å²) in [5, 5.41) is 2.65. The Kier molecular flexibility index (Phi) is 5.39. The summed E-state index contributed by atoms with van der Waals surface area (Å²) in [5.41, 5.74) is 1.36. The number of anilines is 1. The fraction of sp³-hybridized carbons (Fsp3) is 0.263. The van der Waals surface area contributed by atoms with Crippen molar-refractivity contribution in [3.8, 4) is 0 Å². The lowest BCUT2D eigenvalue weighted by Crippen LogP contribution is -2.33. The number of fused-ring (bicyclic) bond motifs is 1. The minimum atomic E-state index is -3.59. The lowest BCUT2D eigenvalue weighted by atomic mass is 10.3. The maximum absolute atomic E-state index is 12.5. The lowest BCUT2D eigenvalue weighted by molar-refractivity contribution is -0.116. The Morgan fingerprint density at radius 1 is 1.14 bits per heavy atom. The number of amides is 1. The van der Waals surface area contributed by atoms with E-state index in [1.807, 2.05) is 0 Å². The van der Waals surface area contributed by atoms with Crippen LogP contribution < -0.4 is 11.1 Å². The van der Waals surface area contributed by atoms with Crippen LogP contribution in [0.15, 0.2) is 62.6 Å². The maximum Gasteiger partial charge on any atom is 0.420 e. The average molecular weight is 403 g/mol. The Balaban J connectivity index is 1.75. The maximum atomic E-state index is 12.5. The first-order valence-corrected chi connectivity index (χ1v) is 10.1. The third-order valence-electron chi connectivity index (χ3n) is 4.42.